The highest BCUT2D eigenvalue weighted by atomic mass is 32.2. The Balaban J connectivity index is 2.23. The highest BCUT2D eigenvalue weighted by Crippen LogP contribution is 2.38. The molecule has 1 aliphatic heterocycles. The molecular formula is C13H24N4O2S2. The van der Waals surface area contributed by atoms with E-state index < -0.39 is 10.0 Å². The van der Waals surface area contributed by atoms with Crippen LogP contribution in [0.5, 0.6) is 0 Å². The molecule has 1 fully saturated rings. The molecule has 2 heterocycles. The van der Waals surface area contributed by atoms with Crippen molar-refractivity contribution in [2.24, 2.45) is 5.92 Å². The van der Waals surface area contributed by atoms with Crippen molar-refractivity contribution in [3.8, 4) is 0 Å². The maximum atomic E-state index is 12.4. The molecule has 2 N–H and O–H groups in total. The van der Waals surface area contributed by atoms with E-state index in [9.17, 15) is 8.42 Å². The van der Waals surface area contributed by atoms with E-state index in [-0.39, 0.29) is 10.7 Å². The lowest BCUT2D eigenvalue weighted by Gasteiger charge is -2.33. The third-order valence-corrected chi connectivity index (χ3v) is 6.93. The summed E-state index contributed by atoms with van der Waals surface area (Å²) < 4.78 is 30.1. The number of sulfonamides is 1. The average Bonchev–Trinajstić information content (AvgIpc) is 2.82. The molecule has 0 atom stereocenters. The molecule has 0 saturated carbocycles. The molecule has 0 spiro atoms. The fraction of sp³-hybridized carbons (Fsp3) is 0.769. The quantitative estimate of drug-likeness (QED) is 0.892. The van der Waals surface area contributed by atoms with E-state index in [4.69, 9.17) is 5.73 Å². The second-order valence-electron chi connectivity index (χ2n) is 5.71. The highest BCUT2D eigenvalue weighted by Gasteiger charge is 2.31. The summed E-state index contributed by atoms with van der Waals surface area (Å²) in [6.45, 7) is 3.96. The van der Waals surface area contributed by atoms with Crippen LogP contribution in [0.1, 0.15) is 32.6 Å². The molecule has 0 unspecified atom stereocenters. The van der Waals surface area contributed by atoms with Crippen molar-refractivity contribution in [3.63, 3.8) is 0 Å². The number of rotatable bonds is 5. The van der Waals surface area contributed by atoms with Gasteiger partial charge in [-0.15, -0.1) is 0 Å². The van der Waals surface area contributed by atoms with E-state index in [0.717, 1.165) is 31.8 Å². The van der Waals surface area contributed by atoms with Crippen molar-refractivity contribution in [3.05, 3.63) is 0 Å². The van der Waals surface area contributed by atoms with E-state index in [2.05, 4.69) is 16.2 Å². The first-order valence-electron chi connectivity index (χ1n) is 7.30. The maximum Gasteiger partial charge on any atom is 0.249 e. The highest BCUT2D eigenvalue weighted by molar-refractivity contribution is 7.89. The fourth-order valence-corrected chi connectivity index (χ4v) is 5.02. The molecular weight excluding hydrogens is 308 g/mol. The number of nitrogens with zero attached hydrogens (tertiary/aromatic N) is 3. The topological polar surface area (TPSA) is 79.5 Å². The minimum absolute atomic E-state index is 0.111. The van der Waals surface area contributed by atoms with Crippen molar-refractivity contribution >= 4 is 32.4 Å². The minimum atomic E-state index is -3.55. The van der Waals surface area contributed by atoms with Crippen LogP contribution in [0.15, 0.2) is 4.90 Å². The standard InChI is InChI=1S/C13H24N4O2S2/c1-4-5-10-6-8-17(9-7-10)13-11(12(14)15-20-13)21(18,19)16(2)3/h10H,4-9H2,1-3H3,(H2,14,15). The number of piperidine rings is 1. The van der Waals surface area contributed by atoms with Crippen LogP contribution < -0.4 is 10.6 Å². The van der Waals surface area contributed by atoms with Crippen LogP contribution in [0.25, 0.3) is 0 Å². The Kier molecular flexibility index (Phi) is 5.11. The Bertz CT molecular complexity index is 575. The molecule has 1 aromatic rings. The zero-order chi connectivity index (χ0) is 15.6. The van der Waals surface area contributed by atoms with E-state index in [1.165, 1.54) is 42.8 Å². The summed E-state index contributed by atoms with van der Waals surface area (Å²) in [6, 6.07) is 0. The molecule has 1 aliphatic rings. The lowest BCUT2D eigenvalue weighted by molar-refractivity contribution is 0.378. The van der Waals surface area contributed by atoms with Gasteiger partial charge in [-0.05, 0) is 30.3 Å². The molecule has 6 nitrogen and oxygen atoms in total. The molecule has 1 saturated heterocycles. The Morgan fingerprint density at radius 2 is 2.00 bits per heavy atom. The summed E-state index contributed by atoms with van der Waals surface area (Å²) in [5, 5.41) is 0.691. The minimum Gasteiger partial charge on any atom is -0.382 e. The Morgan fingerprint density at radius 1 is 1.38 bits per heavy atom. The van der Waals surface area contributed by atoms with Crippen molar-refractivity contribution < 1.29 is 8.42 Å². The van der Waals surface area contributed by atoms with Gasteiger partial charge in [-0.2, -0.15) is 4.37 Å². The van der Waals surface area contributed by atoms with E-state index >= 15 is 0 Å². The lowest BCUT2D eigenvalue weighted by Crippen LogP contribution is -2.34. The van der Waals surface area contributed by atoms with E-state index in [0.29, 0.717) is 5.00 Å². The van der Waals surface area contributed by atoms with Crippen LogP contribution in [0.4, 0.5) is 10.8 Å². The van der Waals surface area contributed by atoms with Crippen molar-refractivity contribution in [1.82, 2.24) is 8.68 Å². The summed E-state index contributed by atoms with van der Waals surface area (Å²) in [7, 11) is -0.518. The van der Waals surface area contributed by atoms with Gasteiger partial charge in [0.1, 0.15) is 5.00 Å². The largest absolute Gasteiger partial charge is 0.382 e. The number of hydrogen-bond acceptors (Lipinski definition) is 6. The number of hydrogen-bond donors (Lipinski definition) is 1. The van der Waals surface area contributed by atoms with E-state index in [1.807, 2.05) is 0 Å². The van der Waals surface area contributed by atoms with Gasteiger partial charge < -0.3 is 10.6 Å². The Labute approximate surface area is 131 Å². The Hall–Kier alpha value is -0.860. The molecule has 2 rings (SSSR count). The number of anilines is 2. The SMILES string of the molecule is CCCC1CCN(c2snc(N)c2S(=O)(=O)N(C)C)CC1. The first-order chi connectivity index (χ1) is 9.87. The van der Waals surface area contributed by atoms with Crippen LogP contribution >= 0.6 is 11.5 Å². The lowest BCUT2D eigenvalue weighted by atomic mass is 9.93. The first kappa shape index (κ1) is 16.5. The van der Waals surface area contributed by atoms with Gasteiger partial charge in [0, 0.05) is 27.2 Å². The molecule has 0 bridgehead atoms. The summed E-state index contributed by atoms with van der Waals surface area (Å²) in [4.78, 5) is 2.29. The zero-order valence-corrected chi connectivity index (χ0v) is 14.5. The monoisotopic (exact) mass is 332 g/mol. The van der Waals surface area contributed by atoms with Crippen LogP contribution in [-0.2, 0) is 10.0 Å². The van der Waals surface area contributed by atoms with Crippen molar-refractivity contribution in [2.75, 3.05) is 37.8 Å². The molecule has 1 aromatic heterocycles. The molecule has 0 aliphatic carbocycles. The van der Waals surface area contributed by atoms with Crippen LogP contribution in [-0.4, -0.2) is 44.3 Å². The van der Waals surface area contributed by atoms with Crippen LogP contribution in [0.2, 0.25) is 0 Å². The third-order valence-electron chi connectivity index (χ3n) is 3.99. The second kappa shape index (κ2) is 6.50. The second-order valence-corrected chi connectivity index (χ2v) is 8.55. The molecule has 120 valence electrons. The average molecular weight is 332 g/mol. The maximum absolute atomic E-state index is 12.4. The molecule has 0 aromatic carbocycles. The van der Waals surface area contributed by atoms with Crippen LogP contribution in [0, 0.1) is 5.92 Å². The number of nitrogen functional groups attached to an aromatic ring is 1. The van der Waals surface area contributed by atoms with Crippen LogP contribution in [0.3, 0.4) is 0 Å². The number of aromatic nitrogens is 1. The van der Waals surface area contributed by atoms with E-state index in [1.54, 1.807) is 0 Å². The van der Waals surface area contributed by atoms with Crippen molar-refractivity contribution in [1.29, 1.82) is 0 Å². The van der Waals surface area contributed by atoms with Gasteiger partial charge in [0.15, 0.2) is 10.7 Å². The summed E-state index contributed by atoms with van der Waals surface area (Å²) in [6.07, 6.45) is 4.67. The third kappa shape index (κ3) is 3.32. The normalized spacial score (nSPS) is 17.6. The summed E-state index contributed by atoms with van der Waals surface area (Å²) >= 11 is 1.19. The van der Waals surface area contributed by atoms with Gasteiger partial charge in [0.05, 0.1) is 0 Å². The summed E-state index contributed by atoms with van der Waals surface area (Å²) in [5.41, 5.74) is 5.81. The van der Waals surface area contributed by atoms with Gasteiger partial charge in [0.25, 0.3) is 0 Å². The smallest absolute Gasteiger partial charge is 0.249 e. The predicted molar refractivity (Wildman–Crippen MR) is 87.2 cm³/mol. The molecule has 0 radical (unpaired) electrons. The fourth-order valence-electron chi connectivity index (χ4n) is 2.74. The molecule has 21 heavy (non-hydrogen) atoms. The van der Waals surface area contributed by atoms with Gasteiger partial charge >= 0.3 is 0 Å². The first-order valence-corrected chi connectivity index (χ1v) is 9.51. The zero-order valence-electron chi connectivity index (χ0n) is 12.9. The van der Waals surface area contributed by atoms with Gasteiger partial charge in [-0.1, -0.05) is 19.8 Å². The molecule has 8 heteroatoms. The Morgan fingerprint density at radius 3 is 2.52 bits per heavy atom. The van der Waals surface area contributed by atoms with Gasteiger partial charge in [-0.25, -0.2) is 12.7 Å². The number of nitrogens with two attached hydrogens (primary N) is 1. The predicted octanol–water partition coefficient (Wildman–Crippen LogP) is 1.99. The van der Waals surface area contributed by atoms with Gasteiger partial charge in [0.2, 0.25) is 10.0 Å². The molecule has 0 amide bonds. The van der Waals surface area contributed by atoms with Gasteiger partial charge in [-0.3, -0.25) is 0 Å². The summed E-state index contributed by atoms with van der Waals surface area (Å²) in [5.74, 6) is 0.866. The van der Waals surface area contributed by atoms with Crippen molar-refractivity contribution in [2.45, 2.75) is 37.5 Å².